The molecule has 0 aliphatic heterocycles. The summed E-state index contributed by atoms with van der Waals surface area (Å²) in [5.41, 5.74) is -0.564. The van der Waals surface area contributed by atoms with Crippen LogP contribution in [0.25, 0.3) is 10.7 Å². The van der Waals surface area contributed by atoms with E-state index in [9.17, 15) is 18.0 Å². The fourth-order valence-corrected chi connectivity index (χ4v) is 3.05. The number of thiazole rings is 1. The highest BCUT2D eigenvalue weighted by atomic mass is 35.5. The van der Waals surface area contributed by atoms with E-state index in [0.29, 0.717) is 22.5 Å². The standard InChI is InChI=1S/C15H9ClF3N3OS/c16-11-5-9(15(17,18)19)6-22(14(11)23)7-10-8-24-13(21-10)12-3-1-2-4-20-12/h1-6,8H,7H2. The Bertz CT molecular complexity index is 922. The van der Waals surface area contributed by atoms with Crippen LogP contribution in [0.15, 0.2) is 46.8 Å². The molecular weight excluding hydrogens is 363 g/mol. The van der Waals surface area contributed by atoms with Gasteiger partial charge in [-0.2, -0.15) is 13.2 Å². The van der Waals surface area contributed by atoms with Crippen molar-refractivity contribution in [3.05, 3.63) is 68.7 Å². The lowest BCUT2D eigenvalue weighted by molar-refractivity contribution is -0.138. The quantitative estimate of drug-likeness (QED) is 0.696. The molecule has 0 aliphatic carbocycles. The van der Waals surface area contributed by atoms with E-state index in [2.05, 4.69) is 9.97 Å². The molecule has 0 aliphatic rings. The molecule has 0 saturated heterocycles. The second kappa shape index (κ2) is 6.37. The maximum Gasteiger partial charge on any atom is 0.417 e. The Morgan fingerprint density at radius 3 is 2.75 bits per heavy atom. The van der Waals surface area contributed by atoms with Crippen LogP contribution in [0.5, 0.6) is 0 Å². The molecule has 4 nitrogen and oxygen atoms in total. The smallest absolute Gasteiger partial charge is 0.308 e. The third-order valence-corrected chi connectivity index (χ3v) is 4.32. The minimum Gasteiger partial charge on any atom is -0.308 e. The molecule has 0 saturated carbocycles. The number of halogens is 4. The molecule has 0 radical (unpaired) electrons. The molecule has 0 bridgehead atoms. The summed E-state index contributed by atoms with van der Waals surface area (Å²) in [5.74, 6) is 0. The highest BCUT2D eigenvalue weighted by Gasteiger charge is 2.32. The Morgan fingerprint density at radius 2 is 2.08 bits per heavy atom. The van der Waals surface area contributed by atoms with Crippen molar-refractivity contribution in [3.8, 4) is 10.7 Å². The molecule has 9 heteroatoms. The number of rotatable bonds is 3. The first-order valence-electron chi connectivity index (χ1n) is 6.67. The lowest BCUT2D eigenvalue weighted by Gasteiger charge is -2.10. The molecule has 0 fully saturated rings. The summed E-state index contributed by atoms with van der Waals surface area (Å²) in [5, 5.41) is 1.81. The number of alkyl halides is 3. The summed E-state index contributed by atoms with van der Waals surface area (Å²) in [6, 6.07) is 5.97. The third kappa shape index (κ3) is 3.49. The van der Waals surface area contributed by atoms with Crippen LogP contribution in [0.3, 0.4) is 0 Å². The first-order chi connectivity index (χ1) is 11.3. The zero-order chi connectivity index (χ0) is 17.3. The Hall–Kier alpha value is -2.19. The van der Waals surface area contributed by atoms with Gasteiger partial charge >= 0.3 is 6.18 Å². The zero-order valence-corrected chi connectivity index (χ0v) is 13.5. The van der Waals surface area contributed by atoms with Gasteiger partial charge in [-0.1, -0.05) is 17.7 Å². The molecule has 3 rings (SSSR count). The van der Waals surface area contributed by atoms with Gasteiger partial charge in [0.15, 0.2) is 0 Å². The second-order valence-electron chi connectivity index (χ2n) is 4.87. The van der Waals surface area contributed by atoms with Crippen LogP contribution in [-0.2, 0) is 12.7 Å². The minimum atomic E-state index is -4.58. The maximum atomic E-state index is 12.8. The summed E-state index contributed by atoms with van der Waals surface area (Å²) in [7, 11) is 0. The normalized spacial score (nSPS) is 11.7. The van der Waals surface area contributed by atoms with Crippen LogP contribution in [0.1, 0.15) is 11.3 Å². The molecule has 124 valence electrons. The molecule has 0 aromatic carbocycles. The lowest BCUT2D eigenvalue weighted by Crippen LogP contribution is -2.23. The number of aromatic nitrogens is 3. The minimum absolute atomic E-state index is 0.105. The average Bonchev–Trinajstić information content (AvgIpc) is 3.00. The predicted molar refractivity (Wildman–Crippen MR) is 85.2 cm³/mol. The topological polar surface area (TPSA) is 47.8 Å². The van der Waals surface area contributed by atoms with Gasteiger partial charge in [-0.25, -0.2) is 4.98 Å². The largest absolute Gasteiger partial charge is 0.417 e. The van der Waals surface area contributed by atoms with Crippen LogP contribution in [0.2, 0.25) is 5.02 Å². The summed E-state index contributed by atoms with van der Waals surface area (Å²) in [4.78, 5) is 20.4. The van der Waals surface area contributed by atoms with Crippen molar-refractivity contribution in [1.82, 2.24) is 14.5 Å². The van der Waals surface area contributed by atoms with Gasteiger partial charge in [0, 0.05) is 17.8 Å². The fourth-order valence-electron chi connectivity index (χ4n) is 2.03. The van der Waals surface area contributed by atoms with E-state index in [4.69, 9.17) is 11.6 Å². The van der Waals surface area contributed by atoms with E-state index in [0.717, 1.165) is 10.8 Å². The fraction of sp³-hybridized carbons (Fsp3) is 0.133. The molecule has 3 aromatic rings. The van der Waals surface area contributed by atoms with E-state index in [1.54, 1.807) is 29.8 Å². The summed E-state index contributed by atoms with van der Waals surface area (Å²) < 4.78 is 39.4. The van der Waals surface area contributed by atoms with Gasteiger partial charge in [-0.15, -0.1) is 11.3 Å². The Labute approximate surface area is 143 Å². The average molecular weight is 372 g/mol. The van der Waals surface area contributed by atoms with Crippen molar-refractivity contribution in [3.63, 3.8) is 0 Å². The molecule has 0 atom stereocenters. The highest BCUT2D eigenvalue weighted by Crippen LogP contribution is 2.30. The maximum absolute atomic E-state index is 12.8. The van der Waals surface area contributed by atoms with E-state index in [1.807, 2.05) is 0 Å². The summed E-state index contributed by atoms with van der Waals surface area (Å²) >= 11 is 6.93. The van der Waals surface area contributed by atoms with Gasteiger partial charge in [-0.05, 0) is 18.2 Å². The van der Waals surface area contributed by atoms with Gasteiger partial charge in [0.05, 0.1) is 23.5 Å². The monoisotopic (exact) mass is 371 g/mol. The van der Waals surface area contributed by atoms with E-state index < -0.39 is 22.3 Å². The van der Waals surface area contributed by atoms with E-state index >= 15 is 0 Å². The number of pyridine rings is 2. The zero-order valence-electron chi connectivity index (χ0n) is 11.9. The van der Waals surface area contributed by atoms with Crippen LogP contribution < -0.4 is 5.56 Å². The Kier molecular flexibility index (Phi) is 4.42. The summed E-state index contributed by atoms with van der Waals surface area (Å²) in [6.07, 6.45) is -2.22. The molecule has 0 amide bonds. The second-order valence-corrected chi connectivity index (χ2v) is 6.13. The van der Waals surface area contributed by atoms with Crippen LogP contribution in [0, 0.1) is 0 Å². The van der Waals surface area contributed by atoms with Crippen molar-refractivity contribution in [2.75, 3.05) is 0 Å². The van der Waals surface area contributed by atoms with Gasteiger partial charge in [0.1, 0.15) is 10.0 Å². The van der Waals surface area contributed by atoms with E-state index in [1.165, 1.54) is 11.3 Å². The molecule has 24 heavy (non-hydrogen) atoms. The van der Waals surface area contributed by atoms with Gasteiger partial charge in [0.25, 0.3) is 5.56 Å². The predicted octanol–water partition coefficient (Wildman–Crippen LogP) is 4.09. The summed E-state index contributed by atoms with van der Waals surface area (Å²) in [6.45, 7) is -0.105. The Balaban J connectivity index is 1.93. The highest BCUT2D eigenvalue weighted by molar-refractivity contribution is 7.13. The number of nitrogens with zero attached hydrogens (tertiary/aromatic N) is 3. The Morgan fingerprint density at radius 1 is 1.29 bits per heavy atom. The first kappa shape index (κ1) is 16.7. The van der Waals surface area contributed by atoms with Gasteiger partial charge in [0.2, 0.25) is 0 Å². The van der Waals surface area contributed by atoms with Crippen molar-refractivity contribution >= 4 is 22.9 Å². The molecule has 0 N–H and O–H groups in total. The van der Waals surface area contributed by atoms with E-state index in [-0.39, 0.29) is 6.54 Å². The number of hydrogen-bond acceptors (Lipinski definition) is 4. The van der Waals surface area contributed by atoms with Gasteiger partial charge in [-0.3, -0.25) is 9.78 Å². The van der Waals surface area contributed by atoms with Crippen molar-refractivity contribution in [1.29, 1.82) is 0 Å². The molecule has 3 heterocycles. The molecule has 0 spiro atoms. The SMILES string of the molecule is O=c1c(Cl)cc(C(F)(F)F)cn1Cc1csc(-c2ccccn2)n1. The van der Waals surface area contributed by atoms with Crippen LogP contribution >= 0.6 is 22.9 Å². The first-order valence-corrected chi connectivity index (χ1v) is 7.93. The lowest BCUT2D eigenvalue weighted by atomic mass is 10.2. The van der Waals surface area contributed by atoms with Gasteiger partial charge < -0.3 is 4.57 Å². The van der Waals surface area contributed by atoms with Crippen molar-refractivity contribution in [2.45, 2.75) is 12.7 Å². The molecule has 3 aromatic heterocycles. The van der Waals surface area contributed by atoms with Crippen molar-refractivity contribution in [2.24, 2.45) is 0 Å². The van der Waals surface area contributed by atoms with Crippen LogP contribution in [0.4, 0.5) is 13.2 Å². The molecular formula is C15H9ClF3N3OS. The third-order valence-electron chi connectivity index (χ3n) is 3.14. The van der Waals surface area contributed by atoms with Crippen molar-refractivity contribution < 1.29 is 13.2 Å². The van der Waals surface area contributed by atoms with Crippen LogP contribution in [-0.4, -0.2) is 14.5 Å². The molecule has 0 unspecified atom stereocenters. The number of hydrogen-bond donors (Lipinski definition) is 0.